The molecule has 180 valence electrons. The molecule has 6 heteroatoms. The van der Waals surface area contributed by atoms with Gasteiger partial charge in [0.25, 0.3) is 6.43 Å². The molecular weight excluding hydrogens is 424 g/mol. The van der Waals surface area contributed by atoms with Crippen LogP contribution in [0.15, 0.2) is 29.8 Å². The third-order valence-electron chi connectivity index (χ3n) is 9.00. The van der Waals surface area contributed by atoms with Gasteiger partial charge in [-0.1, -0.05) is 19.1 Å². The summed E-state index contributed by atoms with van der Waals surface area (Å²) in [6.45, 7) is 4.56. The van der Waals surface area contributed by atoms with Crippen molar-refractivity contribution in [2.45, 2.75) is 64.2 Å². The van der Waals surface area contributed by atoms with E-state index in [0.717, 1.165) is 38.5 Å². The molecule has 4 nitrogen and oxygen atoms in total. The molecule has 0 bridgehead atoms. The first-order valence-electron chi connectivity index (χ1n) is 12.6. The van der Waals surface area contributed by atoms with Crippen LogP contribution in [-0.2, 0) is 16.0 Å². The summed E-state index contributed by atoms with van der Waals surface area (Å²) in [5, 5.41) is 9.92. The van der Waals surface area contributed by atoms with Gasteiger partial charge in [0.05, 0.1) is 13.2 Å². The maximum atomic E-state index is 14.2. The number of hydrogen-bond donors (Lipinski definition) is 1. The highest BCUT2D eigenvalue weighted by molar-refractivity contribution is 5.76. The maximum Gasteiger partial charge on any atom is 0.260 e. The average Bonchev–Trinajstić information content (AvgIpc) is 3.12. The molecule has 0 radical (unpaired) electrons. The van der Waals surface area contributed by atoms with Gasteiger partial charge in [-0.3, -0.25) is 4.79 Å². The number of phenols is 1. The summed E-state index contributed by atoms with van der Waals surface area (Å²) in [7, 11) is 0. The summed E-state index contributed by atoms with van der Waals surface area (Å²) < 4.78 is 33.7. The van der Waals surface area contributed by atoms with E-state index in [4.69, 9.17) is 4.74 Å². The topological polar surface area (TPSA) is 49.8 Å². The van der Waals surface area contributed by atoms with E-state index in [9.17, 15) is 18.7 Å². The third kappa shape index (κ3) is 4.09. The average molecular weight is 460 g/mol. The van der Waals surface area contributed by atoms with Gasteiger partial charge in [0, 0.05) is 19.5 Å². The number of ether oxygens (including phenoxy) is 1. The Hall–Kier alpha value is -1.95. The van der Waals surface area contributed by atoms with Crippen LogP contribution >= 0.6 is 0 Å². The summed E-state index contributed by atoms with van der Waals surface area (Å²) in [5.41, 5.74) is 2.40. The van der Waals surface area contributed by atoms with Crippen LogP contribution in [0.4, 0.5) is 8.78 Å². The number of morpholine rings is 1. The number of benzene rings is 1. The van der Waals surface area contributed by atoms with Crippen LogP contribution in [-0.4, -0.2) is 48.6 Å². The highest BCUT2D eigenvalue weighted by Gasteiger charge is 2.56. The Morgan fingerprint density at radius 2 is 2.06 bits per heavy atom. The SMILES string of the molecule is C[C@]12CCC3c4ccc(O)cc4CCC3C1[C@H](CCCC(=O)N1CCOCC1)C=C2C(F)F. The minimum absolute atomic E-state index is 0.1000. The molecule has 5 atom stereocenters. The Morgan fingerprint density at radius 1 is 1.27 bits per heavy atom. The first kappa shape index (κ1) is 22.8. The van der Waals surface area contributed by atoms with Crippen molar-refractivity contribution in [2.24, 2.45) is 23.2 Å². The van der Waals surface area contributed by atoms with E-state index in [1.54, 1.807) is 6.07 Å². The second-order valence-electron chi connectivity index (χ2n) is 10.6. The highest BCUT2D eigenvalue weighted by atomic mass is 19.3. The number of rotatable bonds is 5. The molecule has 33 heavy (non-hydrogen) atoms. The number of carbonyl (C=O) groups excluding carboxylic acids is 1. The maximum absolute atomic E-state index is 14.2. The number of halogens is 2. The molecule has 1 aromatic carbocycles. The van der Waals surface area contributed by atoms with Gasteiger partial charge in [-0.15, -0.1) is 0 Å². The summed E-state index contributed by atoms with van der Waals surface area (Å²) in [6, 6.07) is 5.70. The van der Waals surface area contributed by atoms with Crippen molar-refractivity contribution in [3.05, 3.63) is 41.0 Å². The second kappa shape index (κ2) is 9.01. The molecule has 0 aromatic heterocycles. The minimum atomic E-state index is -2.41. The lowest BCUT2D eigenvalue weighted by Gasteiger charge is -2.52. The van der Waals surface area contributed by atoms with E-state index in [1.165, 1.54) is 11.1 Å². The van der Waals surface area contributed by atoms with Gasteiger partial charge in [0.1, 0.15) is 5.75 Å². The van der Waals surface area contributed by atoms with Crippen LogP contribution in [0.5, 0.6) is 5.75 Å². The first-order valence-corrected chi connectivity index (χ1v) is 12.6. The summed E-state index contributed by atoms with van der Waals surface area (Å²) >= 11 is 0. The fraction of sp³-hybridized carbons (Fsp3) is 0.667. The van der Waals surface area contributed by atoms with Gasteiger partial charge in [0.2, 0.25) is 5.91 Å². The number of nitrogens with zero attached hydrogens (tertiary/aromatic N) is 1. The number of phenolic OH excluding ortho intramolecular Hbond substituents is 1. The number of aromatic hydroxyl groups is 1. The Bertz CT molecular complexity index is 926. The van der Waals surface area contributed by atoms with Crippen molar-refractivity contribution in [3.8, 4) is 5.75 Å². The molecule has 1 saturated heterocycles. The lowest BCUT2D eigenvalue weighted by molar-refractivity contribution is -0.135. The van der Waals surface area contributed by atoms with Gasteiger partial charge < -0.3 is 14.7 Å². The van der Waals surface area contributed by atoms with Crippen LogP contribution < -0.4 is 0 Å². The van der Waals surface area contributed by atoms with Crippen LogP contribution in [0.25, 0.3) is 0 Å². The van der Waals surface area contributed by atoms with E-state index in [2.05, 4.69) is 13.0 Å². The van der Waals surface area contributed by atoms with Gasteiger partial charge >= 0.3 is 0 Å². The molecule has 1 amide bonds. The van der Waals surface area contributed by atoms with E-state index in [1.807, 2.05) is 17.0 Å². The zero-order valence-electron chi connectivity index (χ0n) is 19.4. The molecule has 3 aliphatic carbocycles. The summed E-state index contributed by atoms with van der Waals surface area (Å²) in [6.07, 6.45) is 5.05. The molecule has 0 spiro atoms. The van der Waals surface area contributed by atoms with Gasteiger partial charge in [-0.05, 0) is 96.4 Å². The van der Waals surface area contributed by atoms with Gasteiger partial charge in [-0.2, -0.15) is 0 Å². The fourth-order valence-electron chi connectivity index (χ4n) is 7.51. The largest absolute Gasteiger partial charge is 0.508 e. The number of fused-ring (bicyclic) bond motifs is 5. The van der Waals surface area contributed by atoms with E-state index in [-0.39, 0.29) is 17.7 Å². The monoisotopic (exact) mass is 459 g/mol. The van der Waals surface area contributed by atoms with Gasteiger partial charge in [0.15, 0.2) is 0 Å². The molecule has 1 heterocycles. The molecule has 4 aliphatic rings. The predicted octanol–water partition coefficient (Wildman–Crippen LogP) is 5.30. The molecule has 1 saturated carbocycles. The van der Waals surface area contributed by atoms with Crippen LogP contribution in [0.1, 0.15) is 62.5 Å². The smallest absolute Gasteiger partial charge is 0.260 e. The Kier molecular flexibility index (Phi) is 6.23. The zero-order chi connectivity index (χ0) is 23.2. The highest BCUT2D eigenvalue weighted by Crippen LogP contribution is 2.64. The molecule has 5 rings (SSSR count). The Morgan fingerprint density at radius 3 is 2.82 bits per heavy atom. The van der Waals surface area contributed by atoms with Crippen LogP contribution in [0.2, 0.25) is 0 Å². The minimum Gasteiger partial charge on any atom is -0.508 e. The summed E-state index contributed by atoms with van der Waals surface area (Å²) in [5.74, 6) is 1.50. The third-order valence-corrected chi connectivity index (χ3v) is 9.00. The zero-order valence-corrected chi connectivity index (χ0v) is 19.4. The van der Waals surface area contributed by atoms with Crippen molar-refractivity contribution < 1.29 is 23.4 Å². The van der Waals surface area contributed by atoms with Crippen LogP contribution in [0, 0.1) is 23.2 Å². The van der Waals surface area contributed by atoms with E-state index < -0.39 is 11.8 Å². The Balaban J connectivity index is 1.34. The van der Waals surface area contributed by atoms with Gasteiger partial charge in [-0.25, -0.2) is 8.78 Å². The van der Waals surface area contributed by atoms with Crippen molar-refractivity contribution in [3.63, 3.8) is 0 Å². The lowest BCUT2D eigenvalue weighted by atomic mass is 9.52. The van der Waals surface area contributed by atoms with Crippen molar-refractivity contribution >= 4 is 5.91 Å². The number of aryl methyl sites for hydroxylation is 1. The first-order chi connectivity index (χ1) is 15.9. The predicted molar refractivity (Wildman–Crippen MR) is 122 cm³/mol. The van der Waals surface area contributed by atoms with E-state index >= 15 is 0 Å². The number of alkyl halides is 2. The summed E-state index contributed by atoms with van der Waals surface area (Å²) in [4.78, 5) is 14.5. The Labute approximate surface area is 195 Å². The molecule has 2 fully saturated rings. The number of carbonyl (C=O) groups is 1. The second-order valence-corrected chi connectivity index (χ2v) is 10.6. The van der Waals surface area contributed by atoms with Crippen molar-refractivity contribution in [2.75, 3.05) is 26.3 Å². The van der Waals surface area contributed by atoms with E-state index in [0.29, 0.717) is 55.9 Å². The van der Waals surface area contributed by atoms with Crippen LogP contribution in [0.3, 0.4) is 0 Å². The number of allylic oxidation sites excluding steroid dienone is 2. The lowest BCUT2D eigenvalue weighted by Crippen LogP contribution is -2.44. The molecular formula is C27H35F2NO3. The quantitative estimate of drug-likeness (QED) is 0.608. The molecule has 1 aromatic rings. The van der Waals surface area contributed by atoms with Crippen molar-refractivity contribution in [1.29, 1.82) is 0 Å². The number of hydrogen-bond acceptors (Lipinski definition) is 3. The standard InChI is InChI=1S/C27H35F2NO3/c1-27-10-9-21-20-8-6-19(31)15-17(20)5-7-22(21)25(27)18(16-23(27)26(28)29)3-2-4-24(32)30-11-13-33-14-12-30/h6,8,15-16,18,21-22,25-26,31H,2-5,7,9-14H2,1H3/t18-,21?,22?,25?,27-/m1/s1. The van der Waals surface area contributed by atoms with Crippen molar-refractivity contribution in [1.82, 2.24) is 4.90 Å². The normalized spacial score (nSPS) is 33.3. The fourth-order valence-corrected chi connectivity index (χ4v) is 7.51. The molecule has 1 N–H and O–H groups in total. The molecule has 3 unspecified atom stereocenters. The number of amides is 1. The molecule has 1 aliphatic heterocycles.